The van der Waals surface area contributed by atoms with E-state index in [1.165, 1.54) is 12.2 Å². The molecule has 1 heterocycles. The van der Waals surface area contributed by atoms with Crippen molar-refractivity contribution in [3.8, 4) is 5.75 Å². The van der Waals surface area contributed by atoms with Gasteiger partial charge in [-0.1, -0.05) is 0 Å². The van der Waals surface area contributed by atoms with Crippen molar-refractivity contribution in [2.75, 3.05) is 25.7 Å². The number of aromatic nitrogens is 1. The van der Waals surface area contributed by atoms with Crippen molar-refractivity contribution in [1.82, 2.24) is 10.3 Å². The first-order valence-corrected chi connectivity index (χ1v) is 7.28. The molecule has 0 fully saturated rings. The number of hydrogen-bond donors (Lipinski definition) is 1. The molecule has 0 aliphatic carbocycles. The zero-order valence-electron chi connectivity index (χ0n) is 11.2. The number of ether oxygens (including phenoxy) is 1. The summed E-state index contributed by atoms with van der Waals surface area (Å²) >= 11 is 1.88. The predicted octanol–water partition coefficient (Wildman–Crippen LogP) is 2.55. The summed E-state index contributed by atoms with van der Waals surface area (Å²) in [5.41, 5.74) is 3.32. The lowest BCUT2D eigenvalue weighted by Crippen LogP contribution is -2.17. The molecule has 3 nitrogen and oxygen atoms in total. The summed E-state index contributed by atoms with van der Waals surface area (Å²) in [5.74, 6) is 2.16. The van der Waals surface area contributed by atoms with E-state index < -0.39 is 0 Å². The highest BCUT2D eigenvalue weighted by Gasteiger charge is 2.08. The normalized spacial score (nSPS) is 10.6. The molecule has 1 aromatic rings. The average Bonchev–Trinajstić information content (AvgIpc) is 2.32. The molecule has 1 N–H and O–H groups in total. The average molecular weight is 254 g/mol. The first kappa shape index (κ1) is 14.3. The Morgan fingerprint density at radius 3 is 2.82 bits per heavy atom. The molecule has 0 aliphatic rings. The molecule has 0 saturated carbocycles. The van der Waals surface area contributed by atoms with E-state index in [0.717, 1.165) is 35.7 Å². The van der Waals surface area contributed by atoms with E-state index in [-0.39, 0.29) is 0 Å². The summed E-state index contributed by atoms with van der Waals surface area (Å²) in [4.78, 5) is 4.46. The second-order valence-corrected chi connectivity index (χ2v) is 5.05. The molecule has 17 heavy (non-hydrogen) atoms. The van der Waals surface area contributed by atoms with Crippen molar-refractivity contribution in [1.29, 1.82) is 0 Å². The Morgan fingerprint density at radius 2 is 2.18 bits per heavy atom. The molecule has 0 unspecified atom stereocenters. The summed E-state index contributed by atoms with van der Waals surface area (Å²) in [5, 5.41) is 3.42. The summed E-state index contributed by atoms with van der Waals surface area (Å²) in [6.45, 7) is 5.95. The highest BCUT2D eigenvalue weighted by molar-refractivity contribution is 7.98. The molecular weight excluding hydrogens is 232 g/mol. The minimum Gasteiger partial charge on any atom is -0.496 e. The van der Waals surface area contributed by atoms with Gasteiger partial charge in [0.15, 0.2) is 0 Å². The van der Waals surface area contributed by atoms with E-state index in [1.807, 2.05) is 24.9 Å². The third-order valence-electron chi connectivity index (χ3n) is 2.74. The maximum absolute atomic E-state index is 5.39. The molecule has 1 aromatic heterocycles. The minimum absolute atomic E-state index is 0.816. The Hall–Kier alpha value is -0.740. The summed E-state index contributed by atoms with van der Waals surface area (Å²) in [6, 6.07) is 0. The van der Waals surface area contributed by atoms with Crippen LogP contribution in [0.4, 0.5) is 0 Å². The Kier molecular flexibility index (Phi) is 6.37. The topological polar surface area (TPSA) is 34.1 Å². The number of rotatable bonds is 7. The van der Waals surface area contributed by atoms with Gasteiger partial charge in [-0.05, 0) is 38.8 Å². The van der Waals surface area contributed by atoms with Crippen LogP contribution in [0.2, 0.25) is 0 Å². The first-order chi connectivity index (χ1) is 8.20. The Bertz CT molecular complexity index is 356. The van der Waals surface area contributed by atoms with Gasteiger partial charge in [-0.3, -0.25) is 4.98 Å². The van der Waals surface area contributed by atoms with Crippen molar-refractivity contribution in [2.45, 2.75) is 26.8 Å². The van der Waals surface area contributed by atoms with Gasteiger partial charge < -0.3 is 10.1 Å². The molecule has 0 aromatic carbocycles. The first-order valence-electron chi connectivity index (χ1n) is 5.89. The van der Waals surface area contributed by atoms with Gasteiger partial charge in [0.05, 0.1) is 12.8 Å². The second kappa shape index (κ2) is 7.56. The summed E-state index contributed by atoms with van der Waals surface area (Å²) in [7, 11) is 1.71. The molecule has 0 radical (unpaired) electrons. The molecule has 0 saturated heterocycles. The van der Waals surface area contributed by atoms with E-state index in [1.54, 1.807) is 7.11 Å². The number of thioether (sulfide) groups is 1. The molecule has 0 spiro atoms. The molecule has 1 rings (SSSR count). The predicted molar refractivity (Wildman–Crippen MR) is 75.0 cm³/mol. The van der Waals surface area contributed by atoms with Crippen LogP contribution in [0.1, 0.15) is 23.2 Å². The number of pyridine rings is 1. The van der Waals surface area contributed by atoms with Crippen molar-refractivity contribution in [2.24, 2.45) is 0 Å². The number of hydrogen-bond acceptors (Lipinski definition) is 4. The third kappa shape index (κ3) is 4.21. The minimum atomic E-state index is 0.816. The summed E-state index contributed by atoms with van der Waals surface area (Å²) in [6.07, 6.45) is 5.21. The fraction of sp³-hybridized carbons (Fsp3) is 0.615. The maximum Gasteiger partial charge on any atom is 0.128 e. The molecule has 0 amide bonds. The molecule has 0 bridgehead atoms. The number of methoxy groups -OCH3 is 1. The number of nitrogens with zero attached hydrogens (tertiary/aromatic N) is 1. The highest BCUT2D eigenvalue weighted by atomic mass is 32.2. The SMILES string of the molecule is COc1c(C)cnc(CNCCCSC)c1C. The molecule has 0 aliphatic heterocycles. The van der Waals surface area contributed by atoms with Crippen LogP contribution in [0.15, 0.2) is 6.20 Å². The van der Waals surface area contributed by atoms with Gasteiger partial charge in [0.25, 0.3) is 0 Å². The number of aryl methyl sites for hydroxylation is 1. The molecule has 96 valence electrons. The van der Waals surface area contributed by atoms with E-state index in [9.17, 15) is 0 Å². The van der Waals surface area contributed by atoms with Gasteiger partial charge in [0.1, 0.15) is 5.75 Å². The van der Waals surface area contributed by atoms with Crippen molar-refractivity contribution in [3.05, 3.63) is 23.0 Å². The van der Waals surface area contributed by atoms with Gasteiger partial charge in [-0.25, -0.2) is 0 Å². The Balaban J connectivity index is 2.54. The lowest BCUT2D eigenvalue weighted by Gasteiger charge is -2.12. The molecule has 0 atom stereocenters. The molecule has 4 heteroatoms. The van der Waals surface area contributed by atoms with Crippen LogP contribution >= 0.6 is 11.8 Å². The second-order valence-electron chi connectivity index (χ2n) is 4.07. The zero-order valence-corrected chi connectivity index (χ0v) is 12.0. The van der Waals surface area contributed by atoms with Gasteiger partial charge in [0.2, 0.25) is 0 Å². The van der Waals surface area contributed by atoms with Crippen molar-refractivity contribution < 1.29 is 4.74 Å². The van der Waals surface area contributed by atoms with E-state index in [2.05, 4.69) is 23.5 Å². The monoisotopic (exact) mass is 254 g/mol. The van der Waals surface area contributed by atoms with Crippen LogP contribution in [-0.2, 0) is 6.54 Å². The highest BCUT2D eigenvalue weighted by Crippen LogP contribution is 2.23. The van der Waals surface area contributed by atoms with Crippen LogP contribution < -0.4 is 10.1 Å². The third-order valence-corrected chi connectivity index (χ3v) is 3.44. The van der Waals surface area contributed by atoms with Crippen LogP contribution in [0.3, 0.4) is 0 Å². The fourth-order valence-corrected chi connectivity index (χ4v) is 2.23. The van der Waals surface area contributed by atoms with E-state index >= 15 is 0 Å². The molecular formula is C13H22N2OS. The Labute approximate surface area is 108 Å². The Morgan fingerprint density at radius 1 is 1.41 bits per heavy atom. The standard InChI is InChI=1S/C13H22N2OS/c1-10-8-15-12(11(2)13(10)16-3)9-14-6-5-7-17-4/h8,14H,5-7,9H2,1-4H3. The van der Waals surface area contributed by atoms with E-state index in [0.29, 0.717) is 0 Å². The van der Waals surface area contributed by atoms with E-state index in [4.69, 9.17) is 4.74 Å². The smallest absolute Gasteiger partial charge is 0.128 e. The fourth-order valence-electron chi connectivity index (χ4n) is 1.80. The van der Waals surface area contributed by atoms with Gasteiger partial charge in [-0.15, -0.1) is 0 Å². The van der Waals surface area contributed by atoms with Crippen LogP contribution in [0, 0.1) is 13.8 Å². The zero-order chi connectivity index (χ0) is 12.7. The van der Waals surface area contributed by atoms with Crippen molar-refractivity contribution >= 4 is 11.8 Å². The lowest BCUT2D eigenvalue weighted by atomic mass is 10.1. The van der Waals surface area contributed by atoms with Crippen LogP contribution in [0.25, 0.3) is 0 Å². The van der Waals surface area contributed by atoms with Crippen LogP contribution in [0.5, 0.6) is 5.75 Å². The largest absolute Gasteiger partial charge is 0.496 e. The van der Waals surface area contributed by atoms with Gasteiger partial charge >= 0.3 is 0 Å². The maximum atomic E-state index is 5.39. The van der Waals surface area contributed by atoms with Crippen molar-refractivity contribution in [3.63, 3.8) is 0 Å². The lowest BCUT2D eigenvalue weighted by molar-refractivity contribution is 0.406. The van der Waals surface area contributed by atoms with Gasteiger partial charge in [-0.2, -0.15) is 11.8 Å². The van der Waals surface area contributed by atoms with Gasteiger partial charge in [0, 0.05) is 23.9 Å². The number of nitrogens with one attached hydrogen (secondary N) is 1. The van der Waals surface area contributed by atoms with Crippen LogP contribution in [-0.4, -0.2) is 30.6 Å². The summed E-state index contributed by atoms with van der Waals surface area (Å²) < 4.78 is 5.39. The quantitative estimate of drug-likeness (QED) is 0.758.